The average molecular weight is 309 g/mol. The lowest BCUT2D eigenvalue weighted by atomic mass is 10.1. The van der Waals surface area contributed by atoms with Gasteiger partial charge in [0.1, 0.15) is 11.9 Å². The number of nitrogens with zero attached hydrogens (tertiary/aromatic N) is 5. The zero-order valence-corrected chi connectivity index (χ0v) is 11.0. The summed E-state index contributed by atoms with van der Waals surface area (Å²) in [4.78, 5) is 33.9. The van der Waals surface area contributed by atoms with Gasteiger partial charge in [-0.2, -0.15) is 0 Å². The summed E-state index contributed by atoms with van der Waals surface area (Å²) in [6.07, 6.45) is -0.920. The molecule has 1 saturated heterocycles. The average Bonchev–Trinajstić information content (AvgIpc) is 3.02. The molecule has 0 aliphatic carbocycles. The predicted molar refractivity (Wildman–Crippen MR) is 70.7 cm³/mol. The van der Waals surface area contributed by atoms with Gasteiger partial charge in [-0.1, -0.05) is 5.11 Å². The Kier molecular flexibility index (Phi) is 3.22. The molecule has 12 heteroatoms. The van der Waals surface area contributed by atoms with Crippen molar-refractivity contribution < 1.29 is 14.9 Å². The van der Waals surface area contributed by atoms with Crippen LogP contribution in [0.25, 0.3) is 21.6 Å². The summed E-state index contributed by atoms with van der Waals surface area (Å²) in [6.45, 7) is -0.724. The number of H-pyrrole nitrogens is 2. The van der Waals surface area contributed by atoms with Gasteiger partial charge in [0.2, 0.25) is 0 Å². The Hall–Kier alpha value is -2.66. The van der Waals surface area contributed by atoms with Gasteiger partial charge in [0.15, 0.2) is 11.2 Å². The third-order valence-corrected chi connectivity index (χ3v) is 3.50. The van der Waals surface area contributed by atoms with Crippen molar-refractivity contribution in [3.05, 3.63) is 37.6 Å². The molecule has 1 aliphatic heterocycles. The summed E-state index contributed by atoms with van der Waals surface area (Å²) in [5, 5.41) is 22.7. The topological polar surface area (TPSA) is 182 Å². The third kappa shape index (κ3) is 1.98. The molecule has 2 aromatic rings. The molecule has 0 radical (unpaired) electrons. The smallest absolute Gasteiger partial charge is 0.327 e. The zero-order valence-electron chi connectivity index (χ0n) is 11.0. The van der Waals surface area contributed by atoms with Crippen molar-refractivity contribution in [3.8, 4) is 0 Å². The summed E-state index contributed by atoms with van der Waals surface area (Å²) in [5.41, 5.74) is 5.42. The van der Waals surface area contributed by atoms with E-state index in [0.29, 0.717) is 0 Å². The van der Waals surface area contributed by atoms with Gasteiger partial charge in [0.05, 0.1) is 19.0 Å². The molecule has 0 bridgehead atoms. The molecule has 0 unspecified atom stereocenters. The maximum absolute atomic E-state index is 11.6. The maximum atomic E-state index is 11.6. The minimum atomic E-state index is -1.82. The second-order valence-corrected chi connectivity index (χ2v) is 4.77. The van der Waals surface area contributed by atoms with Crippen LogP contribution in [0.15, 0.2) is 21.0 Å². The van der Waals surface area contributed by atoms with E-state index in [1.165, 1.54) is 10.9 Å². The Bertz CT molecular complexity index is 878. The molecular weight excluding hydrogens is 298 g/mol. The van der Waals surface area contributed by atoms with Crippen LogP contribution in [-0.4, -0.2) is 48.2 Å². The number of fused-ring (bicyclic) bond motifs is 1. The summed E-state index contributed by atoms with van der Waals surface area (Å²) in [5.74, 6) is 0. The summed E-state index contributed by atoms with van der Waals surface area (Å²) in [7, 11) is 0. The zero-order chi connectivity index (χ0) is 15.9. The van der Waals surface area contributed by atoms with E-state index in [2.05, 4.69) is 20.0 Å². The number of azide groups is 1. The van der Waals surface area contributed by atoms with Crippen LogP contribution in [0.5, 0.6) is 0 Å². The largest absolute Gasteiger partial charge is 0.393 e. The fourth-order valence-corrected chi connectivity index (χ4v) is 2.42. The van der Waals surface area contributed by atoms with Crippen LogP contribution in [0.4, 0.5) is 0 Å². The van der Waals surface area contributed by atoms with E-state index >= 15 is 0 Å². The van der Waals surface area contributed by atoms with Crippen molar-refractivity contribution in [1.82, 2.24) is 19.5 Å². The fraction of sp³-hybridized carbons (Fsp3) is 0.500. The number of hydrogen-bond acceptors (Lipinski definition) is 7. The normalized spacial score (nSPS) is 27.9. The first-order chi connectivity index (χ1) is 10.5. The number of nitrogens with one attached hydrogen (secondary N) is 2. The second kappa shape index (κ2) is 4.96. The highest BCUT2D eigenvalue weighted by molar-refractivity contribution is 5.68. The monoisotopic (exact) mass is 309 g/mol. The lowest BCUT2D eigenvalue weighted by Crippen LogP contribution is -2.40. The van der Waals surface area contributed by atoms with Crippen molar-refractivity contribution in [2.24, 2.45) is 5.11 Å². The lowest BCUT2D eigenvalue weighted by molar-refractivity contribution is -0.122. The van der Waals surface area contributed by atoms with E-state index < -0.39 is 35.9 Å². The molecule has 3 rings (SSSR count). The molecule has 0 aromatic carbocycles. The Balaban J connectivity index is 2.09. The SMILES string of the molecule is [N-]=[N+]=N[C@]1(CO)O[C@@H](n2cnc3c(=O)[nH]c(=O)[nH]c32)C[C@@H]1O. The molecule has 1 fully saturated rings. The van der Waals surface area contributed by atoms with Gasteiger partial charge < -0.3 is 14.9 Å². The minimum absolute atomic E-state index is 0.0111. The van der Waals surface area contributed by atoms with Crippen molar-refractivity contribution in [3.63, 3.8) is 0 Å². The number of aromatic amines is 2. The molecule has 4 N–H and O–H groups in total. The Morgan fingerprint density at radius 2 is 2.36 bits per heavy atom. The quantitative estimate of drug-likeness (QED) is 0.310. The Labute approximate surface area is 120 Å². The van der Waals surface area contributed by atoms with Crippen molar-refractivity contribution >= 4 is 11.2 Å². The Morgan fingerprint density at radius 3 is 3.05 bits per heavy atom. The van der Waals surface area contributed by atoms with Gasteiger partial charge in [0, 0.05) is 11.3 Å². The number of aromatic nitrogens is 4. The number of ether oxygens (including phenoxy) is 1. The molecule has 22 heavy (non-hydrogen) atoms. The molecule has 2 aromatic heterocycles. The van der Waals surface area contributed by atoms with E-state index in [-0.39, 0.29) is 17.6 Å². The fourth-order valence-electron chi connectivity index (χ4n) is 2.42. The molecule has 0 spiro atoms. The van der Waals surface area contributed by atoms with Crippen LogP contribution in [-0.2, 0) is 4.74 Å². The molecular formula is C10H11N7O5. The predicted octanol–water partition coefficient (Wildman–Crippen LogP) is -1.31. The van der Waals surface area contributed by atoms with Gasteiger partial charge in [-0.15, -0.1) is 0 Å². The first-order valence-corrected chi connectivity index (χ1v) is 6.23. The second-order valence-electron chi connectivity index (χ2n) is 4.77. The van der Waals surface area contributed by atoms with Crippen LogP contribution >= 0.6 is 0 Å². The molecule has 12 nitrogen and oxygen atoms in total. The highest BCUT2D eigenvalue weighted by Crippen LogP contribution is 2.38. The van der Waals surface area contributed by atoms with Gasteiger partial charge in [-0.3, -0.25) is 19.3 Å². The van der Waals surface area contributed by atoms with Gasteiger partial charge >= 0.3 is 5.69 Å². The summed E-state index contributed by atoms with van der Waals surface area (Å²) in [6, 6.07) is 0. The molecule has 116 valence electrons. The molecule has 3 heterocycles. The number of aliphatic hydroxyl groups excluding tert-OH is 2. The van der Waals surface area contributed by atoms with Crippen molar-refractivity contribution in [2.45, 2.75) is 24.5 Å². The molecule has 0 amide bonds. The number of aliphatic hydroxyl groups is 2. The van der Waals surface area contributed by atoms with Crippen LogP contribution in [0.2, 0.25) is 0 Å². The highest BCUT2D eigenvalue weighted by atomic mass is 16.6. The maximum Gasteiger partial charge on any atom is 0.327 e. The van der Waals surface area contributed by atoms with E-state index in [4.69, 9.17) is 10.3 Å². The van der Waals surface area contributed by atoms with Crippen LogP contribution < -0.4 is 11.2 Å². The van der Waals surface area contributed by atoms with E-state index in [1.54, 1.807) is 0 Å². The highest BCUT2D eigenvalue weighted by Gasteiger charge is 2.48. The minimum Gasteiger partial charge on any atom is -0.393 e. The van der Waals surface area contributed by atoms with E-state index in [1.807, 2.05) is 4.98 Å². The number of rotatable bonds is 3. The summed E-state index contributed by atoms with van der Waals surface area (Å²) < 4.78 is 6.77. The molecule has 3 atom stereocenters. The lowest BCUT2D eigenvalue weighted by Gasteiger charge is -2.24. The summed E-state index contributed by atoms with van der Waals surface area (Å²) >= 11 is 0. The van der Waals surface area contributed by atoms with Crippen LogP contribution in [0.3, 0.4) is 0 Å². The van der Waals surface area contributed by atoms with Crippen LogP contribution in [0.1, 0.15) is 12.6 Å². The van der Waals surface area contributed by atoms with Crippen molar-refractivity contribution in [1.29, 1.82) is 0 Å². The molecule has 1 aliphatic rings. The van der Waals surface area contributed by atoms with E-state index in [9.17, 15) is 19.8 Å². The number of imidazole rings is 1. The van der Waals surface area contributed by atoms with Crippen molar-refractivity contribution in [2.75, 3.05) is 6.61 Å². The Morgan fingerprint density at radius 1 is 1.59 bits per heavy atom. The number of hydrogen-bond donors (Lipinski definition) is 4. The van der Waals surface area contributed by atoms with Gasteiger partial charge in [-0.05, 0) is 5.53 Å². The first-order valence-electron chi connectivity index (χ1n) is 6.23. The van der Waals surface area contributed by atoms with Gasteiger partial charge in [-0.25, -0.2) is 9.78 Å². The first kappa shape index (κ1) is 14.3. The third-order valence-electron chi connectivity index (χ3n) is 3.50. The van der Waals surface area contributed by atoms with Crippen LogP contribution in [0, 0.1) is 0 Å². The standard InChI is InChI=1S/C10H11N7O5/c11-16-15-10(2-18)4(19)1-5(22-10)17-3-12-6-7(17)13-9(21)14-8(6)20/h3-5,18-19H,1-2H2,(H2,13,14,20,21)/t4-,5+,10+/m0/s1. The van der Waals surface area contributed by atoms with Gasteiger partial charge in [0.25, 0.3) is 5.56 Å². The van der Waals surface area contributed by atoms with E-state index in [0.717, 1.165) is 0 Å². The molecule has 0 saturated carbocycles.